The van der Waals surface area contributed by atoms with Crippen LogP contribution in [0.5, 0.6) is 0 Å². The minimum Gasteiger partial charge on any atom is -0.362 e. The van der Waals surface area contributed by atoms with Crippen molar-refractivity contribution in [3.05, 3.63) is 0 Å². The molecule has 0 saturated carbocycles. The molecule has 3 nitrogen and oxygen atoms in total. The molecule has 0 amide bonds. The van der Waals surface area contributed by atoms with Gasteiger partial charge in [0.25, 0.3) is 0 Å². The zero-order valence-corrected chi connectivity index (χ0v) is 4.33. The highest BCUT2D eigenvalue weighted by molar-refractivity contribution is 5.56. The van der Waals surface area contributed by atoms with Gasteiger partial charge >= 0.3 is 0 Å². The molecule has 1 aliphatic heterocycles. The lowest BCUT2D eigenvalue weighted by molar-refractivity contribution is 0.512. The summed E-state index contributed by atoms with van der Waals surface area (Å²) in [5.41, 5.74) is 5.39. The highest BCUT2D eigenvalue weighted by Crippen LogP contribution is 1.91. The second kappa shape index (κ2) is 1.50. The number of hydrogen-bond acceptors (Lipinski definition) is 3. The van der Waals surface area contributed by atoms with Gasteiger partial charge in [-0.15, -0.1) is 0 Å². The van der Waals surface area contributed by atoms with Gasteiger partial charge in [0.2, 0.25) is 0 Å². The van der Waals surface area contributed by atoms with Crippen molar-refractivity contribution in [1.82, 2.24) is 4.90 Å². The highest BCUT2D eigenvalue weighted by atomic mass is 15.2. The Bertz CT molecular complexity index is 78.9. The smallest absolute Gasteiger partial charge is 0.116 e. The molecule has 1 rings (SSSR count). The van der Waals surface area contributed by atoms with Crippen LogP contribution in [0.15, 0.2) is 4.99 Å². The molecule has 40 valence electrons. The van der Waals surface area contributed by atoms with Crippen LogP contribution in [0.25, 0.3) is 0 Å². The molecule has 0 bridgehead atoms. The third-order valence-electron chi connectivity index (χ3n) is 0.930. The molecular weight excluding hydrogens is 90.1 g/mol. The van der Waals surface area contributed by atoms with E-state index in [1.165, 1.54) is 0 Å². The predicted molar refractivity (Wildman–Crippen MR) is 29.1 cm³/mol. The summed E-state index contributed by atoms with van der Waals surface area (Å²) in [6.07, 6.45) is 1.77. The minimum atomic E-state index is 0.0185. The van der Waals surface area contributed by atoms with E-state index in [0.29, 0.717) is 0 Å². The molecule has 2 N–H and O–H groups in total. The van der Waals surface area contributed by atoms with E-state index in [9.17, 15) is 0 Å². The first-order valence-electron chi connectivity index (χ1n) is 2.28. The van der Waals surface area contributed by atoms with E-state index in [1.807, 2.05) is 11.9 Å². The number of aliphatic imine (C=N–C) groups is 1. The first-order chi connectivity index (χ1) is 3.29. The largest absolute Gasteiger partial charge is 0.362 e. The fourth-order valence-electron chi connectivity index (χ4n) is 0.589. The van der Waals surface area contributed by atoms with E-state index >= 15 is 0 Å². The summed E-state index contributed by atoms with van der Waals surface area (Å²) in [5, 5.41) is 0. The van der Waals surface area contributed by atoms with Gasteiger partial charge in [0.15, 0.2) is 0 Å². The Labute approximate surface area is 42.8 Å². The summed E-state index contributed by atoms with van der Waals surface area (Å²) < 4.78 is 0. The Kier molecular flexibility index (Phi) is 0.982. The lowest BCUT2D eigenvalue weighted by Gasteiger charge is -2.03. The van der Waals surface area contributed by atoms with E-state index < -0.39 is 0 Å². The highest BCUT2D eigenvalue weighted by Gasteiger charge is 2.06. The van der Waals surface area contributed by atoms with Crippen molar-refractivity contribution in [3.8, 4) is 0 Å². The molecule has 0 aromatic heterocycles. The van der Waals surface area contributed by atoms with Crippen molar-refractivity contribution >= 4 is 6.34 Å². The Balaban J connectivity index is 2.42. The maximum atomic E-state index is 5.39. The predicted octanol–water partition coefficient (Wildman–Crippen LogP) is -0.755. The maximum Gasteiger partial charge on any atom is 0.116 e. The van der Waals surface area contributed by atoms with Crippen molar-refractivity contribution in [2.24, 2.45) is 10.7 Å². The number of nitrogens with two attached hydrogens (primary N) is 1. The number of nitrogens with zero attached hydrogens (tertiary/aromatic N) is 2. The van der Waals surface area contributed by atoms with Gasteiger partial charge in [0, 0.05) is 7.05 Å². The third kappa shape index (κ3) is 0.899. The molecule has 0 spiro atoms. The van der Waals surface area contributed by atoms with Gasteiger partial charge in [-0.2, -0.15) is 0 Å². The summed E-state index contributed by atoms with van der Waals surface area (Å²) in [7, 11) is 1.95. The van der Waals surface area contributed by atoms with Crippen LogP contribution in [0.2, 0.25) is 0 Å². The fraction of sp³-hybridized carbons (Fsp3) is 0.750. The molecule has 0 aliphatic carbocycles. The van der Waals surface area contributed by atoms with E-state index in [-0.39, 0.29) is 6.17 Å². The number of hydrogen-bond donors (Lipinski definition) is 1. The average Bonchev–Trinajstić information content (AvgIpc) is 1.87. The quantitative estimate of drug-likeness (QED) is 0.434. The molecule has 1 unspecified atom stereocenters. The van der Waals surface area contributed by atoms with Crippen molar-refractivity contribution in [2.45, 2.75) is 6.17 Å². The molecule has 0 aromatic carbocycles. The van der Waals surface area contributed by atoms with Crippen LogP contribution in [0, 0.1) is 0 Å². The van der Waals surface area contributed by atoms with E-state index in [1.54, 1.807) is 6.34 Å². The van der Waals surface area contributed by atoms with Gasteiger partial charge in [-0.05, 0) is 0 Å². The molecule has 1 heterocycles. The van der Waals surface area contributed by atoms with E-state index in [2.05, 4.69) is 4.99 Å². The van der Waals surface area contributed by atoms with Crippen LogP contribution in [0.4, 0.5) is 0 Å². The summed E-state index contributed by atoms with van der Waals surface area (Å²) in [6, 6.07) is 0. The monoisotopic (exact) mass is 99.1 g/mol. The standard InChI is InChI=1S/C4H9N3/c1-7-2-4(5)6-3-7/h3-4H,2,5H2,1H3. The van der Waals surface area contributed by atoms with Gasteiger partial charge in [0.05, 0.1) is 12.9 Å². The molecular formula is C4H9N3. The molecule has 0 fully saturated rings. The summed E-state index contributed by atoms with van der Waals surface area (Å²) in [6.45, 7) is 0.861. The van der Waals surface area contributed by atoms with Crippen LogP contribution < -0.4 is 5.73 Å². The number of rotatable bonds is 0. The van der Waals surface area contributed by atoms with Crippen LogP contribution in [-0.2, 0) is 0 Å². The van der Waals surface area contributed by atoms with E-state index in [4.69, 9.17) is 5.73 Å². The van der Waals surface area contributed by atoms with Crippen molar-refractivity contribution in [3.63, 3.8) is 0 Å². The second-order valence-electron chi connectivity index (χ2n) is 1.77. The lowest BCUT2D eigenvalue weighted by Crippen LogP contribution is -2.24. The van der Waals surface area contributed by atoms with Gasteiger partial charge in [0.1, 0.15) is 6.17 Å². The van der Waals surface area contributed by atoms with Crippen molar-refractivity contribution in [1.29, 1.82) is 0 Å². The Morgan fingerprint density at radius 1 is 2.00 bits per heavy atom. The Hall–Kier alpha value is -0.570. The van der Waals surface area contributed by atoms with E-state index in [0.717, 1.165) is 6.54 Å². The zero-order chi connectivity index (χ0) is 5.28. The first kappa shape index (κ1) is 4.59. The fourth-order valence-corrected chi connectivity index (χ4v) is 0.589. The molecule has 1 aliphatic rings. The molecule has 1 atom stereocenters. The SMILES string of the molecule is CN1C=NC(N)C1. The van der Waals surface area contributed by atoms with Crippen molar-refractivity contribution < 1.29 is 0 Å². The van der Waals surface area contributed by atoms with Gasteiger partial charge in [-0.25, -0.2) is 0 Å². The molecule has 0 radical (unpaired) electrons. The third-order valence-corrected chi connectivity index (χ3v) is 0.930. The molecule has 3 heteroatoms. The summed E-state index contributed by atoms with van der Waals surface area (Å²) in [5.74, 6) is 0. The van der Waals surface area contributed by atoms with Gasteiger partial charge in [-0.1, -0.05) is 0 Å². The van der Waals surface area contributed by atoms with Crippen LogP contribution in [0.3, 0.4) is 0 Å². The lowest BCUT2D eigenvalue weighted by atomic mass is 10.5. The summed E-state index contributed by atoms with van der Waals surface area (Å²) in [4.78, 5) is 5.86. The average molecular weight is 99.1 g/mol. The summed E-state index contributed by atoms with van der Waals surface area (Å²) >= 11 is 0. The van der Waals surface area contributed by atoms with Gasteiger partial charge in [-0.3, -0.25) is 4.99 Å². The Morgan fingerprint density at radius 3 is 2.86 bits per heavy atom. The minimum absolute atomic E-state index is 0.0185. The van der Waals surface area contributed by atoms with Crippen LogP contribution in [0.1, 0.15) is 0 Å². The zero-order valence-electron chi connectivity index (χ0n) is 4.33. The normalized spacial score (nSPS) is 29.4. The van der Waals surface area contributed by atoms with Crippen LogP contribution in [-0.4, -0.2) is 31.0 Å². The second-order valence-corrected chi connectivity index (χ2v) is 1.77. The molecule has 0 saturated heterocycles. The maximum absolute atomic E-state index is 5.39. The molecule has 7 heavy (non-hydrogen) atoms. The topological polar surface area (TPSA) is 41.6 Å². The van der Waals surface area contributed by atoms with Gasteiger partial charge < -0.3 is 10.6 Å². The molecule has 0 aromatic rings. The number of likely N-dealkylation sites (N-methyl/N-ethyl adjacent to an activating group) is 1. The van der Waals surface area contributed by atoms with Crippen LogP contribution >= 0.6 is 0 Å². The Morgan fingerprint density at radius 2 is 2.71 bits per heavy atom. The first-order valence-corrected chi connectivity index (χ1v) is 2.28. The van der Waals surface area contributed by atoms with Crippen molar-refractivity contribution in [2.75, 3.05) is 13.6 Å².